The van der Waals surface area contributed by atoms with E-state index in [2.05, 4.69) is 20.9 Å². The molecule has 0 bridgehead atoms. The van der Waals surface area contributed by atoms with E-state index in [0.717, 1.165) is 46.2 Å². The van der Waals surface area contributed by atoms with E-state index >= 15 is 4.39 Å². The molecule has 1 saturated heterocycles. The summed E-state index contributed by atoms with van der Waals surface area (Å²) < 4.78 is 24.9. The number of halogens is 1. The number of rotatable bonds is 4. The van der Waals surface area contributed by atoms with Gasteiger partial charge in [-0.3, -0.25) is 4.98 Å². The predicted molar refractivity (Wildman–Crippen MR) is 132 cm³/mol. The van der Waals surface area contributed by atoms with Crippen molar-refractivity contribution in [1.82, 2.24) is 29.5 Å². The number of hydrogen-bond donors (Lipinski definition) is 1. The lowest BCUT2D eigenvalue weighted by Gasteiger charge is -2.33. The van der Waals surface area contributed by atoms with Crippen molar-refractivity contribution in [2.75, 3.05) is 18.9 Å². The summed E-state index contributed by atoms with van der Waals surface area (Å²) in [5.41, 5.74) is 11.7. The number of aryl methyl sites for hydroxylation is 2. The highest BCUT2D eigenvalue weighted by atomic mass is 19.1. The van der Waals surface area contributed by atoms with Crippen LogP contribution in [0.1, 0.15) is 30.1 Å². The van der Waals surface area contributed by atoms with Crippen molar-refractivity contribution in [2.24, 2.45) is 13.0 Å². The lowest BCUT2D eigenvalue weighted by Crippen LogP contribution is -2.27. The molecule has 0 amide bonds. The quantitative estimate of drug-likeness (QED) is 0.417. The van der Waals surface area contributed by atoms with E-state index in [1.807, 2.05) is 38.4 Å². The van der Waals surface area contributed by atoms with E-state index in [4.69, 9.17) is 20.4 Å². The van der Waals surface area contributed by atoms with Crippen LogP contribution in [0.4, 0.5) is 10.2 Å². The second kappa shape index (κ2) is 8.42. The molecule has 1 atom stereocenters. The van der Waals surface area contributed by atoms with E-state index in [1.54, 1.807) is 16.8 Å². The van der Waals surface area contributed by atoms with Crippen LogP contribution in [0.2, 0.25) is 0 Å². The molecule has 2 N–H and O–H groups in total. The number of aromatic nitrogens is 6. The highest BCUT2D eigenvalue weighted by Gasteiger charge is 2.32. The largest absolute Gasteiger partial charge is 0.384 e. The maximum absolute atomic E-state index is 15.3. The van der Waals surface area contributed by atoms with E-state index in [-0.39, 0.29) is 17.8 Å². The van der Waals surface area contributed by atoms with E-state index in [0.29, 0.717) is 30.2 Å². The van der Waals surface area contributed by atoms with Crippen LogP contribution in [-0.4, -0.2) is 42.7 Å². The minimum atomic E-state index is -0.294. The molecular formula is C26H26FN7O. The van der Waals surface area contributed by atoms with Crippen molar-refractivity contribution in [3.8, 4) is 11.3 Å². The zero-order valence-electron chi connectivity index (χ0n) is 19.6. The van der Waals surface area contributed by atoms with Gasteiger partial charge >= 0.3 is 0 Å². The first-order chi connectivity index (χ1) is 17.0. The van der Waals surface area contributed by atoms with Crippen molar-refractivity contribution in [1.29, 1.82) is 0 Å². The van der Waals surface area contributed by atoms with Gasteiger partial charge in [-0.25, -0.2) is 14.1 Å². The highest BCUT2D eigenvalue weighted by Crippen LogP contribution is 2.41. The number of anilines is 1. The summed E-state index contributed by atoms with van der Waals surface area (Å²) in [6, 6.07) is 12.5. The highest BCUT2D eigenvalue weighted by molar-refractivity contribution is 6.05. The lowest BCUT2D eigenvalue weighted by atomic mass is 9.86. The van der Waals surface area contributed by atoms with Gasteiger partial charge in [0.1, 0.15) is 17.3 Å². The number of nitrogen functional groups attached to an aromatic ring is 1. The van der Waals surface area contributed by atoms with E-state index in [9.17, 15) is 0 Å². The van der Waals surface area contributed by atoms with Crippen molar-refractivity contribution < 1.29 is 9.13 Å². The first kappa shape index (κ1) is 21.7. The van der Waals surface area contributed by atoms with Gasteiger partial charge in [0.2, 0.25) is 0 Å². The summed E-state index contributed by atoms with van der Waals surface area (Å²) >= 11 is 0. The monoisotopic (exact) mass is 471 g/mol. The molecule has 1 aromatic carbocycles. The molecule has 1 aliphatic heterocycles. The number of benzene rings is 1. The zero-order chi connectivity index (χ0) is 24.1. The predicted octanol–water partition coefficient (Wildman–Crippen LogP) is 4.43. The molecule has 6 rings (SSSR count). The van der Waals surface area contributed by atoms with Crippen LogP contribution in [0.25, 0.3) is 33.3 Å². The summed E-state index contributed by atoms with van der Waals surface area (Å²) in [4.78, 5) is 9.58. The molecule has 0 spiro atoms. The Morgan fingerprint density at radius 2 is 1.94 bits per heavy atom. The van der Waals surface area contributed by atoms with Crippen molar-refractivity contribution in [3.05, 3.63) is 65.7 Å². The smallest absolute Gasteiger partial charge is 0.145 e. The summed E-state index contributed by atoms with van der Waals surface area (Å²) in [5, 5.41) is 9.24. The second-order valence-electron chi connectivity index (χ2n) is 9.13. The third-order valence-corrected chi connectivity index (χ3v) is 6.99. The minimum absolute atomic E-state index is 0.159. The van der Waals surface area contributed by atoms with Crippen LogP contribution in [0.15, 0.2) is 48.7 Å². The van der Waals surface area contributed by atoms with Gasteiger partial charge in [0.05, 0.1) is 28.5 Å². The van der Waals surface area contributed by atoms with Gasteiger partial charge in [-0.2, -0.15) is 0 Å². The zero-order valence-corrected chi connectivity index (χ0v) is 19.6. The van der Waals surface area contributed by atoms with Crippen LogP contribution in [-0.2, 0) is 11.8 Å². The topological polar surface area (TPSA) is 96.7 Å². The Hall–Kier alpha value is -3.85. The molecule has 1 fully saturated rings. The van der Waals surface area contributed by atoms with Crippen LogP contribution in [0, 0.1) is 18.7 Å². The number of fused-ring (bicyclic) bond motifs is 3. The molecule has 9 heteroatoms. The molecule has 4 aromatic heterocycles. The summed E-state index contributed by atoms with van der Waals surface area (Å²) in [6.45, 7) is 3.21. The van der Waals surface area contributed by atoms with Crippen LogP contribution < -0.4 is 5.73 Å². The Balaban J connectivity index is 1.69. The van der Waals surface area contributed by atoms with Crippen LogP contribution in [0.3, 0.4) is 0 Å². The molecule has 1 unspecified atom stereocenters. The Labute approximate surface area is 201 Å². The Kier molecular flexibility index (Phi) is 5.21. The van der Waals surface area contributed by atoms with Gasteiger partial charge in [0, 0.05) is 43.0 Å². The Morgan fingerprint density at radius 3 is 2.69 bits per heavy atom. The summed E-state index contributed by atoms with van der Waals surface area (Å²) in [6.07, 6.45) is 3.47. The Bertz CT molecular complexity index is 1530. The molecule has 0 radical (unpaired) electrons. The van der Waals surface area contributed by atoms with E-state index < -0.39 is 0 Å². The molecular weight excluding hydrogens is 445 g/mol. The molecule has 178 valence electrons. The SMILES string of the molecule is Cc1nnn(C)c1-c1cnc2c3ccc(N)nc3n(C(c3ccccc3F)C3CCOCC3)c2c1. The third-order valence-electron chi connectivity index (χ3n) is 6.99. The van der Waals surface area contributed by atoms with Gasteiger partial charge in [-0.1, -0.05) is 23.4 Å². The van der Waals surface area contributed by atoms with Crippen molar-refractivity contribution >= 4 is 27.9 Å². The first-order valence-corrected chi connectivity index (χ1v) is 11.8. The number of nitrogens with two attached hydrogens (primary N) is 1. The van der Waals surface area contributed by atoms with Crippen LogP contribution >= 0.6 is 0 Å². The lowest BCUT2D eigenvalue weighted by molar-refractivity contribution is 0.0548. The molecule has 5 heterocycles. The fourth-order valence-corrected chi connectivity index (χ4v) is 5.41. The normalized spacial score (nSPS) is 15.7. The van der Waals surface area contributed by atoms with Crippen molar-refractivity contribution in [2.45, 2.75) is 25.8 Å². The third kappa shape index (κ3) is 3.54. The standard InChI is InChI=1S/C26H26FN7O/c1-15-24(33(2)32-31-15)17-13-21-23(29-14-17)19-7-8-22(28)30-26(19)34(21)25(16-9-11-35-12-10-16)18-5-3-4-6-20(18)27/h3-8,13-14,16,25H,9-12H2,1-2H3,(H2,28,30). The number of hydrogen-bond acceptors (Lipinski definition) is 6. The van der Waals surface area contributed by atoms with Gasteiger partial charge in [-0.15, -0.1) is 5.10 Å². The van der Waals surface area contributed by atoms with Gasteiger partial charge < -0.3 is 15.0 Å². The van der Waals surface area contributed by atoms with Crippen molar-refractivity contribution in [3.63, 3.8) is 0 Å². The minimum Gasteiger partial charge on any atom is -0.384 e. The molecule has 35 heavy (non-hydrogen) atoms. The van der Waals surface area contributed by atoms with Gasteiger partial charge in [0.25, 0.3) is 0 Å². The molecule has 0 aliphatic carbocycles. The Morgan fingerprint density at radius 1 is 1.14 bits per heavy atom. The second-order valence-corrected chi connectivity index (χ2v) is 9.13. The molecule has 0 saturated carbocycles. The van der Waals surface area contributed by atoms with Gasteiger partial charge in [0.15, 0.2) is 0 Å². The van der Waals surface area contributed by atoms with Gasteiger partial charge in [-0.05, 0) is 49.9 Å². The van der Waals surface area contributed by atoms with E-state index in [1.165, 1.54) is 6.07 Å². The number of pyridine rings is 2. The fraction of sp³-hybridized carbons (Fsp3) is 0.308. The number of nitrogens with zero attached hydrogens (tertiary/aromatic N) is 6. The maximum Gasteiger partial charge on any atom is 0.145 e. The fourth-order valence-electron chi connectivity index (χ4n) is 5.41. The maximum atomic E-state index is 15.3. The molecule has 5 aromatic rings. The molecule has 8 nitrogen and oxygen atoms in total. The average Bonchev–Trinajstić information content (AvgIpc) is 3.36. The summed E-state index contributed by atoms with van der Waals surface area (Å²) in [5.74, 6) is 0.331. The average molecular weight is 472 g/mol. The summed E-state index contributed by atoms with van der Waals surface area (Å²) in [7, 11) is 1.86. The van der Waals surface area contributed by atoms with Crippen LogP contribution in [0.5, 0.6) is 0 Å². The molecule has 1 aliphatic rings. The number of ether oxygens (including phenoxy) is 1. The first-order valence-electron chi connectivity index (χ1n) is 11.8.